The Balaban J connectivity index is 2.50. The van der Waals surface area contributed by atoms with Crippen molar-refractivity contribution in [2.75, 3.05) is 13.7 Å². The minimum Gasteiger partial charge on any atom is -0.490 e. The molecule has 0 saturated carbocycles. The summed E-state index contributed by atoms with van der Waals surface area (Å²) < 4.78 is 10.0. The van der Waals surface area contributed by atoms with Crippen LogP contribution >= 0.6 is 0 Å². The lowest BCUT2D eigenvalue weighted by molar-refractivity contribution is -0.136. The minimum absolute atomic E-state index is 0.130. The van der Waals surface area contributed by atoms with Crippen LogP contribution in [-0.4, -0.2) is 25.5 Å². The molecule has 0 amide bonds. The van der Waals surface area contributed by atoms with Crippen molar-refractivity contribution in [3.05, 3.63) is 41.5 Å². The number of methoxy groups -OCH3 is 1. The number of esters is 1. The molecule has 0 aliphatic rings. The van der Waals surface area contributed by atoms with Gasteiger partial charge in [0.2, 0.25) is 0 Å². The third-order valence-corrected chi connectivity index (χ3v) is 2.52. The molecule has 0 aliphatic heterocycles. The summed E-state index contributed by atoms with van der Waals surface area (Å²) in [7, 11) is 1.34. The van der Waals surface area contributed by atoms with Crippen molar-refractivity contribution in [1.82, 2.24) is 0 Å². The van der Waals surface area contributed by atoms with Gasteiger partial charge in [-0.3, -0.25) is 4.79 Å². The number of Topliss-reactive ketones (excluding diaryl/α,β-unsaturated/α-hetero) is 1. The van der Waals surface area contributed by atoms with Crippen molar-refractivity contribution < 1.29 is 19.1 Å². The van der Waals surface area contributed by atoms with Gasteiger partial charge in [-0.05, 0) is 37.6 Å². The van der Waals surface area contributed by atoms with Crippen LogP contribution in [0.25, 0.3) is 0 Å². The largest absolute Gasteiger partial charge is 0.490 e. The van der Waals surface area contributed by atoms with E-state index >= 15 is 0 Å². The maximum absolute atomic E-state index is 11.1. The van der Waals surface area contributed by atoms with Crippen molar-refractivity contribution in [2.45, 2.75) is 20.3 Å². The second kappa shape index (κ2) is 7.36. The van der Waals surface area contributed by atoms with Crippen molar-refractivity contribution in [2.24, 2.45) is 0 Å². The van der Waals surface area contributed by atoms with Gasteiger partial charge in [-0.2, -0.15) is 0 Å². The van der Waals surface area contributed by atoms with E-state index in [1.807, 2.05) is 12.1 Å². The predicted molar refractivity (Wildman–Crippen MR) is 72.1 cm³/mol. The Morgan fingerprint density at radius 3 is 2.32 bits per heavy atom. The Hall–Kier alpha value is -2.10. The van der Waals surface area contributed by atoms with Gasteiger partial charge in [-0.15, -0.1) is 0 Å². The van der Waals surface area contributed by atoms with Gasteiger partial charge in [0.05, 0.1) is 7.11 Å². The van der Waals surface area contributed by atoms with Gasteiger partial charge in [-0.25, -0.2) is 4.79 Å². The van der Waals surface area contributed by atoms with Gasteiger partial charge in [0, 0.05) is 12.0 Å². The number of ketones is 1. The van der Waals surface area contributed by atoms with E-state index in [4.69, 9.17) is 4.74 Å². The number of hydrogen-bond acceptors (Lipinski definition) is 4. The number of rotatable bonds is 6. The first-order valence-corrected chi connectivity index (χ1v) is 5.99. The summed E-state index contributed by atoms with van der Waals surface area (Å²) >= 11 is 0. The molecule has 0 unspecified atom stereocenters. The Morgan fingerprint density at radius 1 is 1.16 bits per heavy atom. The lowest BCUT2D eigenvalue weighted by Crippen LogP contribution is -2.04. The maximum atomic E-state index is 11.1. The first-order valence-electron chi connectivity index (χ1n) is 5.99. The van der Waals surface area contributed by atoms with Gasteiger partial charge in [0.15, 0.2) is 0 Å². The fourth-order valence-electron chi connectivity index (χ4n) is 1.50. The number of carbonyl (C=O) groups is 2. The van der Waals surface area contributed by atoms with Crippen LogP contribution in [0.3, 0.4) is 0 Å². The van der Waals surface area contributed by atoms with E-state index in [1.165, 1.54) is 7.11 Å². The molecule has 0 radical (unpaired) electrons. The molecule has 0 saturated heterocycles. The third kappa shape index (κ3) is 5.38. The summed E-state index contributed by atoms with van der Waals surface area (Å²) in [6, 6.07) is 7.32. The van der Waals surface area contributed by atoms with E-state index < -0.39 is 0 Å². The second-order valence-electron chi connectivity index (χ2n) is 4.21. The van der Waals surface area contributed by atoms with Crippen molar-refractivity contribution in [3.63, 3.8) is 0 Å². The highest BCUT2D eigenvalue weighted by Crippen LogP contribution is 2.13. The Kier molecular flexibility index (Phi) is 5.79. The quantitative estimate of drug-likeness (QED) is 0.583. The number of carbonyl (C=O) groups excluding carboxylic acids is 2. The highest BCUT2D eigenvalue weighted by Gasteiger charge is 2.02. The average molecular weight is 262 g/mol. The first-order chi connectivity index (χ1) is 9.02. The van der Waals surface area contributed by atoms with E-state index in [-0.39, 0.29) is 11.8 Å². The maximum Gasteiger partial charge on any atom is 0.333 e. The van der Waals surface area contributed by atoms with Gasteiger partial charge in [-0.1, -0.05) is 12.1 Å². The van der Waals surface area contributed by atoms with Gasteiger partial charge in [0.25, 0.3) is 0 Å². The SMILES string of the molecule is COC(=O)/C(C)=C/COc1ccc(CC(C)=O)cc1. The Labute approximate surface area is 113 Å². The average Bonchev–Trinajstić information content (AvgIpc) is 2.39. The number of hydrogen-bond donors (Lipinski definition) is 0. The molecular formula is C15H18O4. The Morgan fingerprint density at radius 2 is 1.79 bits per heavy atom. The summed E-state index contributed by atoms with van der Waals surface area (Å²) in [5, 5.41) is 0. The second-order valence-corrected chi connectivity index (χ2v) is 4.21. The fraction of sp³-hybridized carbons (Fsp3) is 0.333. The van der Waals surface area contributed by atoms with Crippen molar-refractivity contribution in [3.8, 4) is 5.75 Å². The van der Waals surface area contributed by atoms with Gasteiger partial charge >= 0.3 is 5.97 Å². The van der Waals surface area contributed by atoms with Crippen molar-refractivity contribution >= 4 is 11.8 Å². The molecule has 0 spiro atoms. The smallest absolute Gasteiger partial charge is 0.333 e. The zero-order valence-electron chi connectivity index (χ0n) is 11.4. The van der Waals surface area contributed by atoms with Crippen LogP contribution in [0.15, 0.2) is 35.9 Å². The molecule has 0 aromatic heterocycles. The van der Waals surface area contributed by atoms with Crippen LogP contribution < -0.4 is 4.74 Å². The Bertz CT molecular complexity index is 471. The van der Waals surface area contributed by atoms with Crippen LogP contribution in [-0.2, 0) is 20.7 Å². The summed E-state index contributed by atoms with van der Waals surface area (Å²) in [4.78, 5) is 22.1. The van der Waals surface area contributed by atoms with E-state index in [2.05, 4.69) is 4.74 Å². The van der Waals surface area contributed by atoms with Crippen LogP contribution in [0.4, 0.5) is 0 Å². The monoisotopic (exact) mass is 262 g/mol. The normalized spacial score (nSPS) is 11.0. The molecule has 4 heteroatoms. The summed E-state index contributed by atoms with van der Waals surface area (Å²) in [6.45, 7) is 3.53. The van der Waals surface area contributed by atoms with Gasteiger partial charge in [0.1, 0.15) is 18.1 Å². The summed E-state index contributed by atoms with van der Waals surface area (Å²) in [5.74, 6) is 0.465. The summed E-state index contributed by atoms with van der Waals surface area (Å²) in [5.41, 5.74) is 1.47. The molecule has 1 aromatic rings. The molecule has 0 atom stereocenters. The molecule has 0 heterocycles. The molecule has 1 rings (SSSR count). The molecule has 0 aliphatic carbocycles. The van der Waals surface area contributed by atoms with E-state index in [0.29, 0.717) is 24.4 Å². The lowest BCUT2D eigenvalue weighted by Gasteiger charge is -2.05. The van der Waals surface area contributed by atoms with Crippen LogP contribution in [0, 0.1) is 0 Å². The van der Waals surface area contributed by atoms with Crippen LogP contribution in [0.5, 0.6) is 5.75 Å². The van der Waals surface area contributed by atoms with E-state index in [1.54, 1.807) is 32.1 Å². The standard InChI is InChI=1S/C15H18O4/c1-11(15(17)18-3)8-9-19-14-6-4-13(5-7-14)10-12(2)16/h4-8H,9-10H2,1-3H3/b11-8+. The zero-order chi connectivity index (χ0) is 14.3. The third-order valence-electron chi connectivity index (χ3n) is 2.52. The molecule has 0 fully saturated rings. The van der Waals surface area contributed by atoms with Crippen molar-refractivity contribution in [1.29, 1.82) is 0 Å². The molecule has 19 heavy (non-hydrogen) atoms. The lowest BCUT2D eigenvalue weighted by atomic mass is 10.1. The molecule has 1 aromatic carbocycles. The zero-order valence-corrected chi connectivity index (χ0v) is 11.4. The first kappa shape index (κ1) is 15.0. The fourth-order valence-corrected chi connectivity index (χ4v) is 1.50. The van der Waals surface area contributed by atoms with Crippen LogP contribution in [0.2, 0.25) is 0 Å². The molecule has 4 nitrogen and oxygen atoms in total. The number of benzene rings is 1. The minimum atomic E-state index is -0.361. The molecule has 0 bridgehead atoms. The molecule has 102 valence electrons. The van der Waals surface area contributed by atoms with E-state index in [9.17, 15) is 9.59 Å². The molecule has 0 N–H and O–H groups in total. The number of ether oxygens (including phenoxy) is 2. The highest BCUT2D eigenvalue weighted by atomic mass is 16.5. The summed E-state index contributed by atoms with van der Waals surface area (Å²) in [6.07, 6.45) is 2.09. The molecular weight excluding hydrogens is 244 g/mol. The van der Waals surface area contributed by atoms with Gasteiger partial charge < -0.3 is 9.47 Å². The predicted octanol–water partition coefficient (Wildman–Crippen LogP) is 2.32. The topological polar surface area (TPSA) is 52.6 Å². The van der Waals surface area contributed by atoms with Crippen LogP contribution in [0.1, 0.15) is 19.4 Å². The highest BCUT2D eigenvalue weighted by molar-refractivity contribution is 5.87. The van der Waals surface area contributed by atoms with E-state index in [0.717, 1.165) is 5.56 Å².